The molecular weight excluding hydrogens is 1930 g/mol. The van der Waals surface area contributed by atoms with Crippen LogP contribution in [0.5, 0.6) is 92.0 Å². The van der Waals surface area contributed by atoms with Gasteiger partial charge in [0, 0.05) is 153 Å². The summed E-state index contributed by atoms with van der Waals surface area (Å²) in [5, 5.41) is 0.781. The SMILES string of the molecule is CO[Si](Cc1cccc(Oc2ccc(Oc3cc4c5c(cc(Oc6ccc(Oc7cccc(C[Si](OC)(OC)OC)c7)cc6)c6c7c(Oc8ccc(Oc9cccc(C[Si](OC)(OC)OC)c9)cc8)cc8c9c(cc(Oc%10ccc(Oc%11cccc(C[Si](OC)(OC)OC)c%11)cc%10)c(c3c56)c97)C(=O)N(C(C(=O)OCc3ccccc3)C(C)C)C8=O)C(=O)N(C(C(=O)OCc3ccccc3)C(C)C)C4=O)cc2)c1)(OC)OC. The summed E-state index contributed by atoms with van der Waals surface area (Å²) >= 11 is 0. The van der Waals surface area contributed by atoms with Gasteiger partial charge in [-0.05, 0) is 215 Å². The van der Waals surface area contributed by atoms with Crippen LogP contribution in [0, 0.1) is 11.8 Å². The molecule has 2 unspecified atom stereocenters. The van der Waals surface area contributed by atoms with E-state index >= 15 is 28.8 Å². The normalized spacial score (nSPS) is 13.3. The Bertz CT molecular complexity index is 6480. The van der Waals surface area contributed by atoms with E-state index in [2.05, 4.69) is 0 Å². The summed E-state index contributed by atoms with van der Waals surface area (Å²) in [6.45, 7) is 6.42. The summed E-state index contributed by atoms with van der Waals surface area (Å²) in [5.74, 6) is -3.35. The molecule has 0 saturated heterocycles. The number of rotatable bonds is 46. The van der Waals surface area contributed by atoms with E-state index in [1.165, 1.54) is 24.3 Å². The molecule has 146 heavy (non-hydrogen) atoms. The maximum absolute atomic E-state index is 16.9. The molecule has 0 aromatic heterocycles. The van der Waals surface area contributed by atoms with Gasteiger partial charge < -0.3 is 100 Å². The standard InChI is InChI=1S/C112H110N2O28Si4/c1-69(2)105(111(119)133-63-71-27-19-17-20-28-71)113-107(115)89-59-93(139-81-47-39-77(40-48-81)135-85-35-23-31-73(55-85)65-143(121-5,122-6)123-7)99-101-95(141-83-51-43-79(44-52-83)137-87-37-25-33-75(57-87)67-145(127-11,128-12)129-13)61-91-98-92(110(118)114(109(91)117)106(70(3)4)112(120)134-64-72-29-21-18-22-30-72)62-96(142-84-53-45-80(46-54-84)138-88-38-26-34-76(58-88)68-146(130-14,131-15)132-16)102(104(98)101)100-94(60-90(108(113)116)97(89)103(99)100)140-82-49-41-78(42-50-82)136-86-36-24-32-74(56-86)66-144(124-8,125-9)126-10/h17-62,69-70,105-106H,63-68H2,1-16H3. The Morgan fingerprint density at radius 2 is 0.425 bits per heavy atom. The molecule has 0 saturated carbocycles. The van der Waals surface area contributed by atoms with Crippen LogP contribution in [-0.4, -0.2) is 178 Å². The Labute approximate surface area is 848 Å². The lowest BCUT2D eigenvalue weighted by atomic mass is 9.80. The zero-order valence-electron chi connectivity index (χ0n) is 83.4. The van der Waals surface area contributed by atoms with Gasteiger partial charge in [-0.1, -0.05) is 137 Å². The van der Waals surface area contributed by atoms with Crippen molar-refractivity contribution >= 4 is 114 Å². The Morgan fingerprint density at radius 1 is 0.226 bits per heavy atom. The fraction of sp³-hybridized carbons (Fsp3) is 0.232. The predicted octanol–water partition coefficient (Wildman–Crippen LogP) is 22.6. The van der Waals surface area contributed by atoms with Crippen molar-refractivity contribution in [2.75, 3.05) is 85.3 Å². The number of fused-ring (bicyclic) bond motifs is 2. The molecular formula is C112H110N2O28Si4. The number of imide groups is 2. The average molecular weight is 2040 g/mol. The van der Waals surface area contributed by atoms with Crippen LogP contribution in [0.2, 0.25) is 0 Å². The van der Waals surface area contributed by atoms with Crippen LogP contribution in [0.4, 0.5) is 0 Å². The number of carbonyl (C=O) groups is 6. The van der Waals surface area contributed by atoms with E-state index in [1.54, 1.807) is 283 Å². The van der Waals surface area contributed by atoms with Crippen LogP contribution in [0.3, 0.4) is 0 Å². The first-order valence-corrected chi connectivity index (χ1v) is 54.8. The number of benzene rings is 15. The number of ether oxygens (including phenoxy) is 10. The van der Waals surface area contributed by atoms with Crippen LogP contribution >= 0.6 is 0 Å². The largest absolute Gasteiger partial charge is 0.504 e. The number of nitrogens with zero attached hydrogens (tertiary/aromatic N) is 2. The first-order chi connectivity index (χ1) is 70.7. The quantitative estimate of drug-likeness (QED) is 0.0112. The van der Waals surface area contributed by atoms with Gasteiger partial charge in [-0.3, -0.25) is 29.0 Å². The van der Waals surface area contributed by atoms with Crippen molar-refractivity contribution in [3.63, 3.8) is 0 Å². The topological polar surface area (TPSA) is 312 Å². The van der Waals surface area contributed by atoms with Gasteiger partial charge in [0.25, 0.3) is 23.6 Å². The first-order valence-electron chi connectivity index (χ1n) is 47.0. The van der Waals surface area contributed by atoms with E-state index in [4.69, 9.17) is 100 Å². The van der Waals surface area contributed by atoms with Gasteiger partial charge in [0.05, 0.1) is 22.3 Å². The Balaban J connectivity index is 0.935. The van der Waals surface area contributed by atoms with Gasteiger partial charge in [0.1, 0.15) is 117 Å². The van der Waals surface area contributed by atoms with Crippen molar-refractivity contribution in [3.8, 4) is 92.0 Å². The molecule has 0 radical (unpaired) electrons. The summed E-state index contributed by atoms with van der Waals surface area (Å²) in [7, 11) is 5.99. The fourth-order valence-corrected chi connectivity index (χ4v) is 25.1. The molecule has 0 fully saturated rings. The summed E-state index contributed by atoms with van der Waals surface area (Å²) in [5.41, 5.74) is 4.01. The predicted molar refractivity (Wildman–Crippen MR) is 552 cm³/mol. The number of hydrogen-bond donors (Lipinski definition) is 0. The molecule has 2 heterocycles. The maximum Gasteiger partial charge on any atom is 0.504 e. The summed E-state index contributed by atoms with van der Waals surface area (Å²) in [6.07, 6.45) is 0. The minimum Gasteiger partial charge on any atom is -0.459 e. The number of carbonyl (C=O) groups excluding carboxylic acids is 6. The molecule has 0 spiro atoms. The highest BCUT2D eigenvalue weighted by molar-refractivity contribution is 6.61. The van der Waals surface area contributed by atoms with E-state index in [1.807, 2.05) is 84.9 Å². The lowest BCUT2D eigenvalue weighted by Gasteiger charge is -2.36. The van der Waals surface area contributed by atoms with Gasteiger partial charge >= 0.3 is 47.2 Å². The molecule has 2 aliphatic heterocycles. The third-order valence-electron chi connectivity index (χ3n) is 25.9. The van der Waals surface area contributed by atoms with Crippen LogP contribution in [0.25, 0.3) is 43.1 Å². The van der Waals surface area contributed by atoms with Crippen LogP contribution in [-0.2, 0) is 110 Å². The molecule has 30 nitrogen and oxygen atoms in total. The molecule has 2 atom stereocenters. The zero-order valence-corrected chi connectivity index (χ0v) is 87.4. The molecule has 2 aliphatic rings. The number of amides is 4. The molecule has 4 amide bonds. The third-order valence-corrected chi connectivity index (χ3v) is 36.7. The van der Waals surface area contributed by atoms with E-state index in [0.717, 1.165) is 32.1 Å². The van der Waals surface area contributed by atoms with Crippen molar-refractivity contribution in [1.82, 2.24) is 9.80 Å². The first kappa shape index (κ1) is 103. The second kappa shape index (κ2) is 44.7. The maximum atomic E-state index is 16.9. The highest BCUT2D eigenvalue weighted by Crippen LogP contribution is 2.59. The lowest BCUT2D eigenvalue weighted by Crippen LogP contribution is -2.53. The Hall–Kier alpha value is -14.4. The van der Waals surface area contributed by atoms with Crippen LogP contribution in [0.1, 0.15) is 103 Å². The number of esters is 2. The van der Waals surface area contributed by atoms with E-state index < -0.39 is 94.7 Å². The van der Waals surface area contributed by atoms with Crippen molar-refractivity contribution in [1.29, 1.82) is 0 Å². The van der Waals surface area contributed by atoms with E-state index in [0.29, 0.717) is 81.3 Å². The van der Waals surface area contributed by atoms with Crippen LogP contribution in [0.15, 0.2) is 279 Å². The molecule has 0 aliphatic carbocycles. The molecule has 752 valence electrons. The van der Waals surface area contributed by atoms with Crippen molar-refractivity contribution < 1.29 is 129 Å². The van der Waals surface area contributed by atoms with Gasteiger partial charge in [-0.15, -0.1) is 0 Å². The van der Waals surface area contributed by atoms with E-state index in [-0.39, 0.29) is 125 Å². The van der Waals surface area contributed by atoms with Crippen molar-refractivity contribution in [2.24, 2.45) is 11.8 Å². The van der Waals surface area contributed by atoms with Crippen LogP contribution < -0.4 is 37.9 Å². The minimum atomic E-state index is -3.13. The molecule has 34 heteroatoms. The molecule has 15 aromatic rings. The molecule has 0 bridgehead atoms. The Kier molecular flexibility index (Phi) is 31.5. The highest BCUT2D eigenvalue weighted by Gasteiger charge is 2.50. The number of hydrogen-bond acceptors (Lipinski definition) is 28. The summed E-state index contributed by atoms with van der Waals surface area (Å²) in [6, 6.07) is 78.7. The molecule has 15 aromatic carbocycles. The van der Waals surface area contributed by atoms with Crippen molar-refractivity contribution in [2.45, 2.75) is 77.2 Å². The average Bonchev–Trinajstić information content (AvgIpc) is 0.667. The monoisotopic (exact) mass is 2040 g/mol. The van der Waals surface area contributed by atoms with Gasteiger partial charge in [-0.25, -0.2) is 9.59 Å². The van der Waals surface area contributed by atoms with Gasteiger partial charge in [-0.2, -0.15) is 0 Å². The van der Waals surface area contributed by atoms with Gasteiger partial charge in [0.2, 0.25) is 0 Å². The lowest BCUT2D eigenvalue weighted by molar-refractivity contribution is -0.152. The summed E-state index contributed by atoms with van der Waals surface area (Å²) in [4.78, 5) is 100. The molecule has 0 N–H and O–H groups in total. The molecule has 17 rings (SSSR count). The van der Waals surface area contributed by atoms with Crippen molar-refractivity contribution in [3.05, 3.63) is 335 Å². The highest BCUT2D eigenvalue weighted by atomic mass is 28.4. The smallest absolute Gasteiger partial charge is 0.459 e. The minimum absolute atomic E-state index is 0.0412. The van der Waals surface area contributed by atoms with E-state index in [9.17, 15) is 0 Å². The Morgan fingerprint density at radius 3 is 0.623 bits per heavy atom. The van der Waals surface area contributed by atoms with Gasteiger partial charge in [0.15, 0.2) is 0 Å². The second-order valence-corrected chi connectivity index (χ2v) is 47.2. The third kappa shape index (κ3) is 21.5. The second-order valence-electron chi connectivity index (χ2n) is 35.4. The zero-order chi connectivity index (χ0) is 103. The fourth-order valence-electron chi connectivity index (χ4n) is 18.4. The summed E-state index contributed by atoms with van der Waals surface area (Å²) < 4.78 is 138.